The molecule has 0 bridgehead atoms. The van der Waals surface area contributed by atoms with E-state index >= 15 is 0 Å². The number of amides is 2. The summed E-state index contributed by atoms with van der Waals surface area (Å²) in [6.07, 6.45) is 10.5. The zero-order valence-electron chi connectivity index (χ0n) is 25.4. The Labute approximate surface area is 254 Å². The molecule has 7 heteroatoms. The third kappa shape index (κ3) is 6.38. The Hall–Kier alpha value is -3.55. The first kappa shape index (κ1) is 29.5. The van der Waals surface area contributed by atoms with Gasteiger partial charge in [-0.25, -0.2) is 4.98 Å². The molecule has 7 nitrogen and oxygen atoms in total. The van der Waals surface area contributed by atoms with E-state index < -0.39 is 11.1 Å². The van der Waals surface area contributed by atoms with Gasteiger partial charge in [-0.05, 0) is 92.5 Å². The van der Waals surface area contributed by atoms with Crippen LogP contribution in [0.4, 0.5) is 5.82 Å². The van der Waals surface area contributed by atoms with E-state index in [4.69, 9.17) is 5.73 Å². The molecule has 3 fully saturated rings. The lowest BCUT2D eigenvalue weighted by atomic mass is 9.63. The summed E-state index contributed by atoms with van der Waals surface area (Å²) in [6.45, 7) is 1.83. The number of benzene rings is 2. The van der Waals surface area contributed by atoms with Crippen molar-refractivity contribution in [2.45, 2.75) is 88.3 Å². The molecular weight excluding hydrogens is 536 g/mol. The maximum atomic E-state index is 13.1. The van der Waals surface area contributed by atoms with Crippen LogP contribution in [0.2, 0.25) is 0 Å². The van der Waals surface area contributed by atoms with Crippen LogP contribution in [0, 0.1) is 11.8 Å². The van der Waals surface area contributed by atoms with Gasteiger partial charge >= 0.3 is 0 Å². The van der Waals surface area contributed by atoms with Crippen molar-refractivity contribution in [3.05, 3.63) is 72.4 Å². The van der Waals surface area contributed by atoms with Gasteiger partial charge in [0.2, 0.25) is 11.8 Å². The first-order chi connectivity index (χ1) is 20.6. The molecule has 0 saturated heterocycles. The van der Waals surface area contributed by atoms with Crippen LogP contribution in [-0.2, 0) is 15.1 Å². The smallest absolute Gasteiger partial charge is 0.225 e. The lowest BCUT2D eigenvalue weighted by molar-refractivity contribution is -0.139. The van der Waals surface area contributed by atoms with E-state index in [2.05, 4.69) is 34.6 Å². The van der Waals surface area contributed by atoms with Crippen molar-refractivity contribution in [2.24, 2.45) is 17.6 Å². The lowest BCUT2D eigenvalue weighted by Gasteiger charge is -2.49. The van der Waals surface area contributed by atoms with Gasteiger partial charge in [-0.2, -0.15) is 0 Å². The quantitative estimate of drug-likeness (QED) is 0.291. The van der Waals surface area contributed by atoms with Crippen molar-refractivity contribution in [3.8, 4) is 22.3 Å². The average molecular weight is 581 g/mol. The lowest BCUT2D eigenvalue weighted by Crippen LogP contribution is -2.58. The fourth-order valence-corrected chi connectivity index (χ4v) is 7.42. The SMILES string of the molecule is CN(C(=O)C1CCC1)[C@H]1CC[C@H](CC(=O)Nc2cc(-c3ccccc3)c(-c3ccc(C4(N)CC(C)(O)C4)cc3)cn2)CC1. The second kappa shape index (κ2) is 11.9. The largest absolute Gasteiger partial charge is 0.390 e. The third-order valence-corrected chi connectivity index (χ3v) is 10.1. The first-order valence-corrected chi connectivity index (χ1v) is 15.8. The van der Waals surface area contributed by atoms with Crippen LogP contribution < -0.4 is 11.1 Å². The van der Waals surface area contributed by atoms with E-state index in [9.17, 15) is 14.7 Å². The number of aromatic nitrogens is 1. The fourth-order valence-electron chi connectivity index (χ4n) is 7.42. The van der Waals surface area contributed by atoms with Crippen LogP contribution in [-0.4, -0.2) is 45.5 Å². The predicted octanol–water partition coefficient (Wildman–Crippen LogP) is 6.26. The van der Waals surface area contributed by atoms with E-state index in [0.29, 0.717) is 42.9 Å². The molecule has 43 heavy (non-hydrogen) atoms. The standard InChI is InChI=1S/C36H44N4O3/c1-35(43)22-36(37,23-35)28-15-13-26(14-16-28)31-21-38-32(20-30(31)25-7-4-3-5-8-25)39-33(41)19-24-11-17-29(18-12-24)40(2)34(42)27-9-6-10-27/h3-5,7-8,13-16,20-21,24,27,29,43H,6,9-12,17-19,22-23,37H2,1-2H3,(H,38,39,41)/t24-,29-,35?,36?. The molecule has 1 heterocycles. The highest BCUT2D eigenvalue weighted by atomic mass is 16.3. The summed E-state index contributed by atoms with van der Waals surface area (Å²) < 4.78 is 0. The van der Waals surface area contributed by atoms with Crippen molar-refractivity contribution in [3.63, 3.8) is 0 Å². The number of hydrogen-bond acceptors (Lipinski definition) is 5. The van der Waals surface area contributed by atoms with Gasteiger partial charge in [-0.15, -0.1) is 0 Å². The summed E-state index contributed by atoms with van der Waals surface area (Å²) >= 11 is 0. The second-order valence-corrected chi connectivity index (χ2v) is 13.6. The molecule has 0 aliphatic heterocycles. The third-order valence-electron chi connectivity index (χ3n) is 10.1. The Morgan fingerprint density at radius 2 is 1.60 bits per heavy atom. The molecule has 3 aliphatic rings. The number of carbonyl (C=O) groups is 2. The van der Waals surface area contributed by atoms with Crippen molar-refractivity contribution in [1.82, 2.24) is 9.88 Å². The summed E-state index contributed by atoms with van der Waals surface area (Å²) in [5, 5.41) is 13.3. The number of aliphatic hydroxyl groups is 1. The van der Waals surface area contributed by atoms with Gasteiger partial charge < -0.3 is 21.1 Å². The number of carbonyl (C=O) groups excluding carboxylic acids is 2. The Kier molecular flexibility index (Phi) is 8.14. The molecule has 2 aromatic carbocycles. The highest BCUT2D eigenvalue weighted by molar-refractivity contribution is 5.92. The second-order valence-electron chi connectivity index (χ2n) is 13.6. The van der Waals surface area contributed by atoms with Gasteiger partial charge in [0.15, 0.2) is 0 Å². The molecule has 3 saturated carbocycles. The summed E-state index contributed by atoms with van der Waals surface area (Å²) in [6, 6.07) is 20.6. The Morgan fingerprint density at radius 3 is 2.21 bits per heavy atom. The zero-order valence-corrected chi connectivity index (χ0v) is 25.4. The van der Waals surface area contributed by atoms with Gasteiger partial charge in [0.25, 0.3) is 0 Å². The molecule has 0 atom stereocenters. The maximum Gasteiger partial charge on any atom is 0.225 e. The number of nitrogens with zero attached hydrogens (tertiary/aromatic N) is 2. The van der Waals surface area contributed by atoms with Crippen LogP contribution in [0.1, 0.15) is 76.7 Å². The van der Waals surface area contributed by atoms with Crippen LogP contribution in [0.15, 0.2) is 66.9 Å². The molecule has 3 aliphatic carbocycles. The maximum absolute atomic E-state index is 13.1. The molecule has 6 rings (SSSR count). The number of nitrogens with two attached hydrogens (primary N) is 1. The van der Waals surface area contributed by atoms with Crippen LogP contribution >= 0.6 is 0 Å². The van der Waals surface area contributed by atoms with E-state index in [1.54, 1.807) is 0 Å². The van der Waals surface area contributed by atoms with E-state index in [-0.39, 0.29) is 11.8 Å². The minimum Gasteiger partial charge on any atom is -0.390 e. The Morgan fingerprint density at radius 1 is 0.953 bits per heavy atom. The van der Waals surface area contributed by atoms with E-state index in [1.807, 2.05) is 61.5 Å². The molecule has 4 N–H and O–H groups in total. The van der Waals surface area contributed by atoms with E-state index in [0.717, 1.165) is 66.3 Å². The number of pyridine rings is 1. The number of anilines is 1. The minimum absolute atomic E-state index is 0.0180. The summed E-state index contributed by atoms with van der Waals surface area (Å²) in [5.41, 5.74) is 10.4. The van der Waals surface area contributed by atoms with Crippen molar-refractivity contribution in [1.29, 1.82) is 0 Å². The Bertz CT molecular complexity index is 1450. The first-order valence-electron chi connectivity index (χ1n) is 15.8. The molecule has 3 aromatic rings. The normalized spacial score (nSPS) is 27.1. The topological polar surface area (TPSA) is 109 Å². The highest BCUT2D eigenvalue weighted by Gasteiger charge is 2.49. The molecule has 2 amide bonds. The Balaban J connectivity index is 1.12. The van der Waals surface area contributed by atoms with Crippen molar-refractivity contribution >= 4 is 17.6 Å². The van der Waals surface area contributed by atoms with Crippen LogP contribution in [0.3, 0.4) is 0 Å². The molecule has 226 valence electrons. The predicted molar refractivity (Wildman–Crippen MR) is 170 cm³/mol. The average Bonchev–Trinajstić information content (AvgIpc) is 2.96. The molecule has 1 aromatic heterocycles. The summed E-state index contributed by atoms with van der Waals surface area (Å²) in [4.78, 5) is 32.4. The van der Waals surface area contributed by atoms with Crippen LogP contribution in [0.5, 0.6) is 0 Å². The highest BCUT2D eigenvalue weighted by Crippen LogP contribution is 2.46. The minimum atomic E-state index is -0.705. The van der Waals surface area contributed by atoms with E-state index in [1.165, 1.54) is 6.42 Å². The number of hydrogen-bond donors (Lipinski definition) is 3. The fraction of sp³-hybridized carbons (Fsp3) is 0.472. The van der Waals surface area contributed by atoms with Gasteiger partial charge in [0.1, 0.15) is 5.82 Å². The van der Waals surface area contributed by atoms with Crippen molar-refractivity contribution < 1.29 is 14.7 Å². The molecule has 0 unspecified atom stereocenters. The summed E-state index contributed by atoms with van der Waals surface area (Å²) in [5.74, 6) is 1.39. The number of rotatable bonds is 8. The van der Waals surface area contributed by atoms with Crippen LogP contribution in [0.25, 0.3) is 22.3 Å². The molecular formula is C36H44N4O3. The monoisotopic (exact) mass is 580 g/mol. The van der Waals surface area contributed by atoms with Gasteiger partial charge in [0, 0.05) is 42.7 Å². The molecule has 0 radical (unpaired) electrons. The summed E-state index contributed by atoms with van der Waals surface area (Å²) in [7, 11) is 1.96. The molecule has 0 spiro atoms. The zero-order chi connectivity index (χ0) is 30.2. The number of nitrogens with one attached hydrogen (secondary N) is 1. The van der Waals surface area contributed by atoms with Gasteiger partial charge in [-0.1, -0.05) is 61.0 Å². The van der Waals surface area contributed by atoms with Gasteiger partial charge in [0.05, 0.1) is 5.60 Å². The van der Waals surface area contributed by atoms with Gasteiger partial charge in [-0.3, -0.25) is 9.59 Å². The van der Waals surface area contributed by atoms with Crippen molar-refractivity contribution in [2.75, 3.05) is 12.4 Å².